The fourth-order valence-corrected chi connectivity index (χ4v) is 2.50. The molecule has 1 N–H and O–H groups in total. The number of methoxy groups -OCH3 is 1. The molecule has 2 unspecified atom stereocenters. The molecule has 106 valence electrons. The number of nitrogens with zero attached hydrogens (tertiary/aromatic N) is 3. The van der Waals surface area contributed by atoms with E-state index in [2.05, 4.69) is 27.4 Å². The minimum absolute atomic E-state index is 0.324. The van der Waals surface area contributed by atoms with E-state index in [0.29, 0.717) is 30.1 Å². The second-order valence-electron chi connectivity index (χ2n) is 5.07. The highest BCUT2D eigenvalue weighted by atomic mass is 16.5. The van der Waals surface area contributed by atoms with Gasteiger partial charge in [0.05, 0.1) is 13.0 Å². The quantitative estimate of drug-likeness (QED) is 0.911. The molecule has 0 radical (unpaired) electrons. The molecule has 2 aromatic heterocycles. The van der Waals surface area contributed by atoms with Gasteiger partial charge in [-0.15, -0.1) is 0 Å². The van der Waals surface area contributed by atoms with Crippen molar-refractivity contribution >= 4 is 0 Å². The van der Waals surface area contributed by atoms with Crippen LogP contribution in [0.15, 0.2) is 22.9 Å². The van der Waals surface area contributed by atoms with Crippen molar-refractivity contribution in [1.29, 1.82) is 0 Å². The Hall–Kier alpha value is -1.95. The third-order valence-corrected chi connectivity index (χ3v) is 3.70. The Balaban J connectivity index is 1.70. The normalized spacial score (nSPS) is 22.1. The van der Waals surface area contributed by atoms with Crippen molar-refractivity contribution in [1.82, 2.24) is 20.4 Å². The van der Waals surface area contributed by atoms with Crippen LogP contribution in [-0.2, 0) is 6.42 Å². The predicted molar refractivity (Wildman–Crippen MR) is 72.7 cm³/mol. The molecule has 0 amide bonds. The van der Waals surface area contributed by atoms with Crippen LogP contribution in [0.1, 0.15) is 36.5 Å². The van der Waals surface area contributed by atoms with Gasteiger partial charge < -0.3 is 14.6 Å². The van der Waals surface area contributed by atoms with Crippen LogP contribution in [-0.4, -0.2) is 34.8 Å². The summed E-state index contributed by atoms with van der Waals surface area (Å²) in [5, 5.41) is 7.45. The van der Waals surface area contributed by atoms with Crippen molar-refractivity contribution in [2.45, 2.75) is 31.7 Å². The topological polar surface area (TPSA) is 73.1 Å². The summed E-state index contributed by atoms with van der Waals surface area (Å²) in [6, 6.07) is 4.19. The Kier molecular flexibility index (Phi) is 3.64. The zero-order valence-electron chi connectivity index (χ0n) is 11.7. The van der Waals surface area contributed by atoms with E-state index in [4.69, 9.17) is 9.26 Å². The van der Waals surface area contributed by atoms with Gasteiger partial charge in [-0.05, 0) is 25.5 Å². The van der Waals surface area contributed by atoms with E-state index in [1.807, 2.05) is 12.1 Å². The third-order valence-electron chi connectivity index (χ3n) is 3.70. The summed E-state index contributed by atoms with van der Waals surface area (Å²) in [7, 11) is 1.60. The summed E-state index contributed by atoms with van der Waals surface area (Å²) < 4.78 is 10.4. The molecule has 0 spiro atoms. The Morgan fingerprint density at radius 3 is 3.00 bits per heavy atom. The lowest BCUT2D eigenvalue weighted by Gasteiger charge is -2.08. The zero-order valence-corrected chi connectivity index (χ0v) is 11.7. The maximum absolute atomic E-state index is 5.39. The molecule has 20 heavy (non-hydrogen) atoms. The molecule has 0 aromatic carbocycles. The maximum Gasteiger partial charge on any atom is 0.231 e. The van der Waals surface area contributed by atoms with Crippen molar-refractivity contribution in [2.75, 3.05) is 13.7 Å². The average Bonchev–Trinajstić information content (AvgIpc) is 3.08. The first kappa shape index (κ1) is 13.1. The number of hydrogen-bond donors (Lipinski definition) is 1. The van der Waals surface area contributed by atoms with Crippen LogP contribution in [0.5, 0.6) is 5.88 Å². The molecule has 2 aromatic rings. The van der Waals surface area contributed by atoms with Crippen LogP contribution < -0.4 is 10.1 Å². The summed E-state index contributed by atoms with van der Waals surface area (Å²) in [4.78, 5) is 8.67. The van der Waals surface area contributed by atoms with Crippen molar-refractivity contribution in [3.8, 4) is 5.88 Å². The molecule has 3 heterocycles. The molecule has 6 heteroatoms. The minimum atomic E-state index is 0.324. The fraction of sp³-hybridized carbons (Fsp3) is 0.500. The summed E-state index contributed by atoms with van der Waals surface area (Å²) in [6.07, 6.45) is 3.44. The summed E-state index contributed by atoms with van der Waals surface area (Å²) >= 11 is 0. The number of nitrogens with one attached hydrogen (secondary N) is 1. The first-order valence-corrected chi connectivity index (χ1v) is 6.81. The lowest BCUT2D eigenvalue weighted by atomic mass is 10.0. The fourth-order valence-electron chi connectivity index (χ4n) is 2.50. The smallest absolute Gasteiger partial charge is 0.231 e. The highest BCUT2D eigenvalue weighted by molar-refractivity contribution is 5.20. The lowest BCUT2D eigenvalue weighted by molar-refractivity contribution is 0.342. The van der Waals surface area contributed by atoms with Gasteiger partial charge in [-0.3, -0.25) is 0 Å². The largest absolute Gasteiger partial charge is 0.481 e. The number of ether oxygens (including phenoxy) is 1. The second-order valence-corrected chi connectivity index (χ2v) is 5.07. The van der Waals surface area contributed by atoms with Crippen molar-refractivity contribution in [2.24, 2.45) is 0 Å². The standard InChI is InChI=1S/C14H18N4O2/c1-9-11(5-6-15-9)14-17-12(18-20-14)7-10-3-4-13(19-2)16-8-10/h3-4,8-9,11,15H,5-7H2,1-2H3. The summed E-state index contributed by atoms with van der Waals surface area (Å²) in [5.74, 6) is 2.36. The number of hydrogen-bond acceptors (Lipinski definition) is 6. The number of pyridine rings is 1. The molecular weight excluding hydrogens is 256 g/mol. The molecular formula is C14H18N4O2. The van der Waals surface area contributed by atoms with E-state index in [1.165, 1.54) is 0 Å². The Morgan fingerprint density at radius 2 is 2.35 bits per heavy atom. The second kappa shape index (κ2) is 5.58. The molecule has 3 rings (SSSR count). The van der Waals surface area contributed by atoms with Crippen molar-refractivity contribution < 1.29 is 9.26 Å². The number of rotatable bonds is 4. The maximum atomic E-state index is 5.39. The minimum Gasteiger partial charge on any atom is -0.481 e. The molecule has 1 fully saturated rings. The van der Waals surface area contributed by atoms with Crippen LogP contribution in [0.3, 0.4) is 0 Å². The van der Waals surface area contributed by atoms with Gasteiger partial charge >= 0.3 is 0 Å². The molecule has 2 atom stereocenters. The van der Waals surface area contributed by atoms with E-state index in [9.17, 15) is 0 Å². The van der Waals surface area contributed by atoms with Gasteiger partial charge in [-0.1, -0.05) is 11.2 Å². The SMILES string of the molecule is COc1ccc(Cc2noc(C3CCNC3C)n2)cn1. The Bertz CT molecular complexity index is 567. The van der Waals surface area contributed by atoms with Crippen LogP contribution in [0.4, 0.5) is 0 Å². The Morgan fingerprint density at radius 1 is 1.45 bits per heavy atom. The van der Waals surface area contributed by atoms with E-state index >= 15 is 0 Å². The highest BCUT2D eigenvalue weighted by Gasteiger charge is 2.29. The molecule has 0 aliphatic carbocycles. The number of aromatic nitrogens is 3. The van der Waals surface area contributed by atoms with Crippen LogP contribution in [0, 0.1) is 0 Å². The van der Waals surface area contributed by atoms with Gasteiger partial charge in [0.2, 0.25) is 11.8 Å². The first-order valence-electron chi connectivity index (χ1n) is 6.81. The highest BCUT2D eigenvalue weighted by Crippen LogP contribution is 2.26. The van der Waals surface area contributed by atoms with Crippen molar-refractivity contribution in [3.63, 3.8) is 0 Å². The van der Waals surface area contributed by atoms with E-state index in [-0.39, 0.29) is 0 Å². The van der Waals surface area contributed by atoms with E-state index in [0.717, 1.165) is 24.4 Å². The molecule has 0 saturated carbocycles. The molecule has 1 aliphatic rings. The molecule has 1 aliphatic heterocycles. The molecule has 0 bridgehead atoms. The Labute approximate surface area is 117 Å². The van der Waals surface area contributed by atoms with Gasteiger partial charge in [-0.25, -0.2) is 4.98 Å². The van der Waals surface area contributed by atoms with Crippen LogP contribution >= 0.6 is 0 Å². The predicted octanol–water partition coefficient (Wildman–Crippen LogP) is 1.53. The average molecular weight is 274 g/mol. The van der Waals surface area contributed by atoms with Gasteiger partial charge in [0, 0.05) is 24.7 Å². The first-order chi connectivity index (χ1) is 9.76. The summed E-state index contributed by atoms with van der Waals surface area (Å²) in [6.45, 7) is 3.15. The monoisotopic (exact) mass is 274 g/mol. The molecule has 1 saturated heterocycles. The van der Waals surface area contributed by atoms with Gasteiger partial charge in [0.1, 0.15) is 0 Å². The molecule has 6 nitrogen and oxygen atoms in total. The van der Waals surface area contributed by atoms with Crippen LogP contribution in [0.25, 0.3) is 0 Å². The van der Waals surface area contributed by atoms with E-state index in [1.54, 1.807) is 13.3 Å². The van der Waals surface area contributed by atoms with E-state index < -0.39 is 0 Å². The third kappa shape index (κ3) is 2.65. The van der Waals surface area contributed by atoms with Gasteiger partial charge in [0.25, 0.3) is 0 Å². The van der Waals surface area contributed by atoms with Crippen LogP contribution in [0.2, 0.25) is 0 Å². The van der Waals surface area contributed by atoms with Gasteiger partial charge in [0.15, 0.2) is 5.82 Å². The summed E-state index contributed by atoms with van der Waals surface area (Å²) in [5.41, 5.74) is 1.04. The lowest BCUT2D eigenvalue weighted by Crippen LogP contribution is -2.21. The van der Waals surface area contributed by atoms with Crippen molar-refractivity contribution in [3.05, 3.63) is 35.6 Å². The van der Waals surface area contributed by atoms with Gasteiger partial charge in [-0.2, -0.15) is 4.98 Å². The zero-order chi connectivity index (χ0) is 13.9.